The molecule has 4 N–H and O–H groups in total. The molecular weight excluding hydrogens is 580 g/mol. The predicted octanol–water partition coefficient (Wildman–Crippen LogP) is 3.37. The van der Waals surface area contributed by atoms with Crippen molar-refractivity contribution in [3.05, 3.63) is 11.6 Å². The normalized spacial score (nSPS) is 54.9. The van der Waals surface area contributed by atoms with Crippen LogP contribution in [-0.4, -0.2) is 93.9 Å². The van der Waals surface area contributed by atoms with Crippen LogP contribution in [0.5, 0.6) is 0 Å². The van der Waals surface area contributed by atoms with E-state index in [0.717, 1.165) is 63.4 Å². The first-order valence-corrected chi connectivity index (χ1v) is 17.6. The van der Waals surface area contributed by atoms with Crippen molar-refractivity contribution >= 4 is 5.97 Å². The number of carbonyl (C=O) groups is 1. The second kappa shape index (κ2) is 11.8. The summed E-state index contributed by atoms with van der Waals surface area (Å²) in [6.07, 6.45) is 5.45. The molecule has 0 amide bonds. The summed E-state index contributed by atoms with van der Waals surface area (Å²) in [4.78, 5) is 11.9. The van der Waals surface area contributed by atoms with Crippen molar-refractivity contribution < 1.29 is 48.9 Å². The molecule has 45 heavy (non-hydrogen) atoms. The van der Waals surface area contributed by atoms with Gasteiger partial charge in [-0.25, -0.2) is 4.79 Å². The number of rotatable bonds is 5. The van der Waals surface area contributed by atoms with E-state index in [0.29, 0.717) is 24.9 Å². The molecule has 0 radical (unpaired) electrons. The fourth-order valence-electron chi connectivity index (χ4n) is 11.3. The van der Waals surface area contributed by atoms with Gasteiger partial charge in [-0.15, -0.1) is 0 Å². The van der Waals surface area contributed by atoms with E-state index in [4.69, 9.17) is 23.7 Å². The van der Waals surface area contributed by atoms with Gasteiger partial charge in [0.05, 0.1) is 36.1 Å². The van der Waals surface area contributed by atoms with Gasteiger partial charge in [0, 0.05) is 24.3 Å². The van der Waals surface area contributed by atoms with Crippen molar-refractivity contribution in [2.75, 3.05) is 6.61 Å². The van der Waals surface area contributed by atoms with Crippen LogP contribution in [0.25, 0.3) is 0 Å². The highest BCUT2D eigenvalue weighted by molar-refractivity contribution is 5.85. The lowest BCUT2D eigenvalue weighted by Gasteiger charge is -2.64. The van der Waals surface area contributed by atoms with E-state index in [2.05, 4.69) is 13.8 Å². The van der Waals surface area contributed by atoms with Crippen LogP contribution < -0.4 is 0 Å². The SMILES string of the molecule is C[C@H]1O[C@@H](O[C@H]2[C@@H](O)C[C@H](O[C@H]3CC[C@@]4(C)[C@@H](CC[C@@H]5[C@@H]4CC[C@]4(C)[C@@H](C6=CC(=O)OC6)CC[C@]54O)C3)O[C@@H]2C)C[C@H](O)[C@@H]1O. The zero-order valence-corrected chi connectivity index (χ0v) is 27.3. The Bertz CT molecular complexity index is 1140. The lowest BCUT2D eigenvalue weighted by atomic mass is 9.43. The fraction of sp³-hybridized carbons (Fsp3) is 0.914. The summed E-state index contributed by atoms with van der Waals surface area (Å²) in [5, 5.41) is 43.6. The molecule has 16 atom stereocenters. The van der Waals surface area contributed by atoms with Crippen molar-refractivity contribution in [1.82, 2.24) is 0 Å². The zero-order chi connectivity index (χ0) is 31.9. The van der Waals surface area contributed by atoms with Crippen molar-refractivity contribution in [2.45, 2.75) is 159 Å². The van der Waals surface area contributed by atoms with Crippen LogP contribution in [0.15, 0.2) is 11.6 Å². The Labute approximate surface area is 266 Å². The molecule has 0 aromatic rings. The summed E-state index contributed by atoms with van der Waals surface area (Å²) in [6, 6.07) is 0. The van der Waals surface area contributed by atoms with Gasteiger partial charge in [0.2, 0.25) is 0 Å². The Morgan fingerprint density at radius 2 is 1.56 bits per heavy atom. The van der Waals surface area contributed by atoms with Crippen LogP contribution in [0.4, 0.5) is 0 Å². The Balaban J connectivity index is 0.958. The molecule has 7 rings (SSSR count). The topological polar surface area (TPSA) is 144 Å². The Hall–Kier alpha value is -1.11. The van der Waals surface area contributed by atoms with E-state index in [1.165, 1.54) is 0 Å². The van der Waals surface area contributed by atoms with Gasteiger partial charge >= 0.3 is 5.97 Å². The quantitative estimate of drug-likeness (QED) is 0.263. The predicted molar refractivity (Wildman–Crippen MR) is 161 cm³/mol. The molecule has 10 nitrogen and oxygen atoms in total. The highest BCUT2D eigenvalue weighted by Crippen LogP contribution is 2.70. The number of fused-ring (bicyclic) bond motifs is 5. The van der Waals surface area contributed by atoms with Crippen LogP contribution in [0.2, 0.25) is 0 Å². The minimum atomic E-state index is -0.957. The van der Waals surface area contributed by atoms with Gasteiger partial charge < -0.3 is 44.1 Å². The molecule has 7 aliphatic rings. The first-order chi connectivity index (χ1) is 21.3. The number of hydrogen-bond acceptors (Lipinski definition) is 10. The molecule has 4 aliphatic carbocycles. The molecule has 10 heteroatoms. The summed E-state index contributed by atoms with van der Waals surface area (Å²) >= 11 is 0. The second-order valence-corrected chi connectivity index (χ2v) is 16.1. The van der Waals surface area contributed by atoms with Gasteiger partial charge in [0.15, 0.2) is 12.6 Å². The number of carbonyl (C=O) groups excluding carboxylic acids is 1. The van der Waals surface area contributed by atoms with Gasteiger partial charge in [-0.3, -0.25) is 0 Å². The van der Waals surface area contributed by atoms with E-state index in [9.17, 15) is 25.2 Å². The largest absolute Gasteiger partial charge is 0.458 e. The maximum Gasteiger partial charge on any atom is 0.331 e. The molecule has 0 aromatic carbocycles. The van der Waals surface area contributed by atoms with Crippen LogP contribution >= 0.6 is 0 Å². The van der Waals surface area contributed by atoms with Crippen LogP contribution in [0.1, 0.15) is 98.3 Å². The summed E-state index contributed by atoms with van der Waals surface area (Å²) < 4.78 is 29.8. The van der Waals surface area contributed by atoms with Gasteiger partial charge in [0.25, 0.3) is 0 Å². The number of aliphatic hydroxyl groups is 4. The van der Waals surface area contributed by atoms with Gasteiger partial charge in [-0.1, -0.05) is 13.8 Å². The van der Waals surface area contributed by atoms with Crippen molar-refractivity contribution in [3.63, 3.8) is 0 Å². The van der Waals surface area contributed by atoms with Crippen LogP contribution in [0, 0.1) is 34.5 Å². The molecule has 0 aromatic heterocycles. The fourth-order valence-corrected chi connectivity index (χ4v) is 11.3. The molecule has 6 fully saturated rings. The molecule has 3 aliphatic heterocycles. The first-order valence-electron chi connectivity index (χ1n) is 17.6. The van der Waals surface area contributed by atoms with E-state index >= 15 is 0 Å². The minimum absolute atomic E-state index is 0.0558. The minimum Gasteiger partial charge on any atom is -0.458 e. The number of hydrogen-bond donors (Lipinski definition) is 4. The highest BCUT2D eigenvalue weighted by atomic mass is 16.7. The molecule has 0 bridgehead atoms. The third-order valence-corrected chi connectivity index (χ3v) is 13.9. The van der Waals surface area contributed by atoms with Crippen molar-refractivity contribution in [1.29, 1.82) is 0 Å². The molecular formula is C35H54O10. The average Bonchev–Trinajstić information content (AvgIpc) is 3.53. The number of ether oxygens (including phenoxy) is 5. The smallest absolute Gasteiger partial charge is 0.331 e. The molecule has 3 heterocycles. The van der Waals surface area contributed by atoms with Crippen LogP contribution in [0.3, 0.4) is 0 Å². The van der Waals surface area contributed by atoms with Gasteiger partial charge in [0.1, 0.15) is 18.8 Å². The lowest BCUT2D eigenvalue weighted by Crippen LogP contribution is -2.62. The molecule has 4 saturated carbocycles. The van der Waals surface area contributed by atoms with E-state index in [1.807, 2.05) is 6.92 Å². The van der Waals surface area contributed by atoms with Gasteiger partial charge in [-0.05, 0) is 106 Å². The van der Waals surface area contributed by atoms with Gasteiger partial charge in [-0.2, -0.15) is 0 Å². The average molecular weight is 635 g/mol. The lowest BCUT2D eigenvalue weighted by molar-refractivity contribution is -0.318. The number of esters is 1. The monoisotopic (exact) mass is 634 g/mol. The number of cyclic esters (lactones) is 1. The standard InChI is InChI=1S/C35H54O10/c1-18-31(39)26(36)15-30(42-18)45-32-19(2)43-29(16-27(32)37)44-22-7-10-33(3)21(14-22)5-6-25-24(33)8-11-34(4)23(9-12-35(25,34)40)20-13-28(38)41-17-20/h13,18-19,21-27,29-32,36-37,39-40H,5-12,14-17H2,1-4H3/t18-,19-,21+,22+,23-,24+,25-,26+,27+,29+,30+,31-,32-,33+,34-,35+/m1/s1. The molecule has 2 saturated heterocycles. The maximum atomic E-state index is 12.5. The molecule has 254 valence electrons. The van der Waals surface area contributed by atoms with Crippen molar-refractivity contribution in [3.8, 4) is 0 Å². The van der Waals surface area contributed by atoms with Crippen molar-refractivity contribution in [2.24, 2.45) is 34.5 Å². The summed E-state index contributed by atoms with van der Waals surface area (Å²) in [6.45, 7) is 8.67. The summed E-state index contributed by atoms with van der Waals surface area (Å²) in [5.74, 6) is 1.22. The van der Waals surface area contributed by atoms with E-state index < -0.39 is 54.8 Å². The molecule has 0 unspecified atom stereocenters. The summed E-state index contributed by atoms with van der Waals surface area (Å²) in [5.41, 5.74) is 0.288. The third kappa shape index (κ3) is 5.34. The molecule has 0 spiro atoms. The maximum absolute atomic E-state index is 12.5. The Morgan fingerprint density at radius 3 is 2.27 bits per heavy atom. The third-order valence-electron chi connectivity index (χ3n) is 13.9. The zero-order valence-electron chi connectivity index (χ0n) is 27.3. The number of aliphatic hydroxyl groups excluding tert-OH is 3. The Morgan fingerprint density at radius 1 is 0.822 bits per heavy atom. The highest BCUT2D eigenvalue weighted by Gasteiger charge is 2.67. The van der Waals surface area contributed by atoms with Crippen LogP contribution in [-0.2, 0) is 28.5 Å². The summed E-state index contributed by atoms with van der Waals surface area (Å²) in [7, 11) is 0. The second-order valence-electron chi connectivity index (χ2n) is 16.1. The van der Waals surface area contributed by atoms with E-state index in [-0.39, 0.29) is 41.2 Å². The van der Waals surface area contributed by atoms with E-state index in [1.54, 1.807) is 13.0 Å². The first kappa shape index (κ1) is 32.4. The Kier molecular flexibility index (Phi) is 8.50.